The second-order valence-corrected chi connectivity index (χ2v) is 15.8. The van der Waals surface area contributed by atoms with Gasteiger partial charge in [-0.1, -0.05) is 54.0 Å². The Kier molecular flexibility index (Phi) is 6.06. The maximum Gasteiger partial charge on any atom is 0.302 e. The van der Waals surface area contributed by atoms with Crippen LogP contribution in [0.3, 0.4) is 0 Å². The summed E-state index contributed by atoms with van der Waals surface area (Å²) in [5, 5.41) is -0.228. The van der Waals surface area contributed by atoms with Crippen LogP contribution in [0.4, 0.5) is 0 Å². The Labute approximate surface area is 228 Å². The van der Waals surface area contributed by atoms with E-state index in [0.717, 1.165) is 57.8 Å². The minimum atomic E-state index is -0.519. The number of hydrogen-bond donors (Lipinski definition) is 0. The van der Waals surface area contributed by atoms with Crippen LogP contribution in [0, 0.1) is 50.2 Å². The third kappa shape index (κ3) is 3.55. The number of carbonyl (C=O) groups is 3. The highest BCUT2D eigenvalue weighted by Crippen LogP contribution is 2.75. The molecule has 0 saturated heterocycles. The fraction of sp³-hybridized carbons (Fsp3) is 0.844. The molecule has 0 aromatic carbocycles. The number of allylic oxidation sites excluding steroid dienone is 2. The molecule has 5 rings (SSSR count). The lowest BCUT2D eigenvalue weighted by atomic mass is 9.33. The van der Waals surface area contributed by atoms with E-state index in [2.05, 4.69) is 47.6 Å². The van der Waals surface area contributed by atoms with Crippen LogP contribution in [0.5, 0.6) is 0 Å². The number of fused-ring (bicyclic) bond motifs is 7. The summed E-state index contributed by atoms with van der Waals surface area (Å²) in [6.45, 7) is 17.6. The lowest BCUT2D eigenvalue weighted by Gasteiger charge is -2.70. The summed E-state index contributed by atoms with van der Waals surface area (Å²) < 4.78 is 5.83. The maximum absolute atomic E-state index is 14.4. The molecule has 0 aromatic heterocycles. The van der Waals surface area contributed by atoms with Gasteiger partial charge in [0.2, 0.25) is 5.24 Å². The van der Waals surface area contributed by atoms with Crippen molar-refractivity contribution in [1.82, 2.24) is 0 Å². The molecular formula is C32H47ClO4. The second-order valence-electron chi connectivity index (χ2n) is 15.5. The monoisotopic (exact) mass is 530 g/mol. The van der Waals surface area contributed by atoms with Gasteiger partial charge < -0.3 is 4.74 Å². The van der Waals surface area contributed by atoms with E-state index >= 15 is 0 Å². The molecule has 0 heterocycles. The highest BCUT2D eigenvalue weighted by molar-refractivity contribution is 6.64. The Morgan fingerprint density at radius 2 is 1.57 bits per heavy atom. The van der Waals surface area contributed by atoms with E-state index in [0.29, 0.717) is 5.92 Å². The summed E-state index contributed by atoms with van der Waals surface area (Å²) >= 11 is 6.16. The quantitative estimate of drug-likeness (QED) is 0.271. The third-order valence-electron chi connectivity index (χ3n) is 13.3. The molecule has 0 bridgehead atoms. The average molecular weight is 531 g/mol. The van der Waals surface area contributed by atoms with Gasteiger partial charge in [-0.15, -0.1) is 0 Å². The topological polar surface area (TPSA) is 60.4 Å². The van der Waals surface area contributed by atoms with Gasteiger partial charge in [0.05, 0.1) is 0 Å². The number of esters is 1. The standard InChI is InChI=1S/C32H47ClO4/c1-19(34)37-24-10-11-30(6)23(27(24,2)3)9-12-32(8)25(30)22(35)17-20-21-18-29(5,26(33)36)14-13-28(21,4)15-16-31(20,32)7/h17,21,23-25H,9-16,18H2,1-8H3/t21-,23-,24-,25+,28+,29-,30-,31+,32+/m0/s1. The molecular weight excluding hydrogens is 484 g/mol. The van der Waals surface area contributed by atoms with E-state index in [1.54, 1.807) is 0 Å². The van der Waals surface area contributed by atoms with Gasteiger partial charge in [-0.3, -0.25) is 14.4 Å². The van der Waals surface area contributed by atoms with Crippen LogP contribution >= 0.6 is 11.6 Å². The molecule has 206 valence electrons. The fourth-order valence-corrected chi connectivity index (χ4v) is 10.9. The van der Waals surface area contributed by atoms with Crippen LogP contribution in [0.25, 0.3) is 0 Å². The van der Waals surface area contributed by atoms with Crippen LogP contribution in [-0.2, 0) is 19.1 Å². The molecule has 0 aromatic rings. The lowest BCUT2D eigenvalue weighted by Crippen LogP contribution is -2.66. The molecule has 0 aliphatic heterocycles. The summed E-state index contributed by atoms with van der Waals surface area (Å²) in [6, 6.07) is 0. The van der Waals surface area contributed by atoms with Crippen LogP contribution in [-0.4, -0.2) is 23.1 Å². The van der Waals surface area contributed by atoms with E-state index in [9.17, 15) is 14.4 Å². The van der Waals surface area contributed by atoms with E-state index in [-0.39, 0.29) is 62.0 Å². The largest absolute Gasteiger partial charge is 0.462 e. The van der Waals surface area contributed by atoms with E-state index in [1.807, 2.05) is 6.92 Å². The minimum absolute atomic E-state index is 0.0426. The smallest absolute Gasteiger partial charge is 0.302 e. The highest BCUT2D eigenvalue weighted by Gasteiger charge is 2.70. The summed E-state index contributed by atoms with van der Waals surface area (Å²) in [6.07, 6.45) is 10.5. The molecule has 0 amide bonds. The highest BCUT2D eigenvalue weighted by atomic mass is 35.5. The first-order valence-electron chi connectivity index (χ1n) is 14.6. The predicted molar refractivity (Wildman–Crippen MR) is 146 cm³/mol. The zero-order valence-corrected chi connectivity index (χ0v) is 25.0. The molecule has 37 heavy (non-hydrogen) atoms. The van der Waals surface area contributed by atoms with Gasteiger partial charge in [-0.05, 0) is 109 Å². The second kappa shape index (κ2) is 8.18. The summed E-state index contributed by atoms with van der Waals surface area (Å²) in [4.78, 5) is 38.8. The number of rotatable bonds is 2. The van der Waals surface area contributed by atoms with Crippen molar-refractivity contribution >= 4 is 28.6 Å². The Morgan fingerprint density at radius 3 is 2.19 bits per heavy atom. The van der Waals surface area contributed by atoms with Crippen molar-refractivity contribution in [3.8, 4) is 0 Å². The van der Waals surface area contributed by atoms with Crippen LogP contribution in [0.2, 0.25) is 0 Å². The van der Waals surface area contributed by atoms with Gasteiger partial charge in [0, 0.05) is 23.7 Å². The molecule has 5 aliphatic rings. The lowest BCUT2D eigenvalue weighted by molar-refractivity contribution is -0.210. The molecule has 0 radical (unpaired) electrons. The van der Waals surface area contributed by atoms with Gasteiger partial charge in [0.15, 0.2) is 5.78 Å². The van der Waals surface area contributed by atoms with Crippen LogP contribution in [0.15, 0.2) is 11.6 Å². The number of carbonyl (C=O) groups excluding carboxylic acids is 3. The Balaban J connectivity index is 1.58. The zero-order chi connectivity index (χ0) is 27.4. The molecule has 4 saturated carbocycles. The summed E-state index contributed by atoms with van der Waals surface area (Å²) in [5.41, 5.74) is 0.382. The van der Waals surface area contributed by atoms with E-state index in [4.69, 9.17) is 16.3 Å². The molecule has 9 atom stereocenters. The number of ether oxygens (including phenoxy) is 1. The van der Waals surface area contributed by atoms with Crippen molar-refractivity contribution in [3.63, 3.8) is 0 Å². The maximum atomic E-state index is 14.4. The van der Waals surface area contributed by atoms with Gasteiger partial charge >= 0.3 is 5.97 Å². The normalized spacial score (nSPS) is 50.5. The van der Waals surface area contributed by atoms with Crippen LogP contribution < -0.4 is 0 Å². The van der Waals surface area contributed by atoms with E-state index < -0.39 is 5.41 Å². The molecule has 4 fully saturated rings. The fourth-order valence-electron chi connectivity index (χ4n) is 10.7. The van der Waals surface area contributed by atoms with Crippen LogP contribution in [0.1, 0.15) is 113 Å². The SMILES string of the molecule is CC(=O)O[C@H]1CC[C@]2(C)[C@H]3C(=O)C=C4[C@@H]5C[C@@](C)(C(=O)Cl)CC[C@]5(C)CC[C@@]4(C)[C@]3(C)CC[C@H]2C1(C)C. The zero-order valence-electron chi connectivity index (χ0n) is 24.3. The van der Waals surface area contributed by atoms with Crippen molar-refractivity contribution in [1.29, 1.82) is 0 Å². The first kappa shape index (κ1) is 27.4. The molecule has 0 unspecified atom stereocenters. The van der Waals surface area contributed by atoms with Crippen molar-refractivity contribution in [2.24, 2.45) is 50.2 Å². The van der Waals surface area contributed by atoms with Crippen molar-refractivity contribution in [2.75, 3.05) is 0 Å². The van der Waals surface area contributed by atoms with Gasteiger partial charge in [0.1, 0.15) is 6.10 Å². The van der Waals surface area contributed by atoms with Gasteiger partial charge in [0.25, 0.3) is 0 Å². The third-order valence-corrected chi connectivity index (χ3v) is 13.8. The molecule has 5 heteroatoms. The van der Waals surface area contributed by atoms with Gasteiger partial charge in [-0.2, -0.15) is 0 Å². The summed E-state index contributed by atoms with van der Waals surface area (Å²) in [5.74, 6) is 0.573. The average Bonchev–Trinajstić information content (AvgIpc) is 2.78. The first-order chi connectivity index (χ1) is 16.9. The Morgan fingerprint density at radius 1 is 0.919 bits per heavy atom. The molecule has 0 N–H and O–H groups in total. The summed E-state index contributed by atoms with van der Waals surface area (Å²) in [7, 11) is 0. The number of ketones is 1. The van der Waals surface area contributed by atoms with E-state index in [1.165, 1.54) is 12.5 Å². The predicted octanol–water partition coefficient (Wildman–Crippen LogP) is 7.66. The number of hydrogen-bond acceptors (Lipinski definition) is 4. The van der Waals surface area contributed by atoms with Crippen molar-refractivity contribution < 1.29 is 19.1 Å². The minimum Gasteiger partial charge on any atom is -0.462 e. The Bertz CT molecular complexity index is 1080. The molecule has 5 aliphatic carbocycles. The molecule has 4 nitrogen and oxygen atoms in total. The Hall–Kier alpha value is -1.16. The number of halogens is 1. The first-order valence-corrected chi connectivity index (χ1v) is 15.0. The van der Waals surface area contributed by atoms with Gasteiger partial charge in [-0.25, -0.2) is 0 Å². The van der Waals surface area contributed by atoms with Crippen molar-refractivity contribution in [3.05, 3.63) is 11.6 Å². The molecule has 0 spiro atoms. The van der Waals surface area contributed by atoms with Crippen molar-refractivity contribution in [2.45, 2.75) is 119 Å².